The van der Waals surface area contributed by atoms with E-state index < -0.39 is 88.6 Å². The minimum absolute atomic E-state index is 0.139. The summed E-state index contributed by atoms with van der Waals surface area (Å²) in [6, 6.07) is 0. The molecule has 0 amide bonds. The third kappa shape index (κ3) is 6.05. The van der Waals surface area contributed by atoms with Gasteiger partial charge in [0.2, 0.25) is 5.95 Å². The Kier molecular flexibility index (Phi) is 8.62. The Morgan fingerprint density at radius 3 is 2.62 bits per heavy atom. The van der Waals surface area contributed by atoms with Crippen LogP contribution in [-0.2, 0) is 32.2 Å². The average molecular weight is 698 g/mol. The zero-order chi connectivity index (χ0) is 32.2. The van der Waals surface area contributed by atoms with Gasteiger partial charge in [-0.05, 0) is 0 Å². The summed E-state index contributed by atoms with van der Waals surface area (Å²) < 4.78 is 83.3. The van der Waals surface area contributed by atoms with Crippen LogP contribution in [0, 0.1) is 0 Å². The Labute approximate surface area is 252 Å². The van der Waals surface area contributed by atoms with Gasteiger partial charge in [0.15, 0.2) is 47.1 Å². The molecule has 6 rings (SSSR count). The summed E-state index contributed by atoms with van der Waals surface area (Å²) in [6.07, 6.45) is -12.2. The molecule has 244 valence electrons. The molecule has 6 N–H and O–H groups in total. The fraction of sp³-hybridized carbons (Fsp3) is 0.526. The predicted molar refractivity (Wildman–Crippen MR) is 147 cm³/mol. The molecule has 0 aromatic carbocycles. The van der Waals surface area contributed by atoms with Gasteiger partial charge in [-0.2, -0.15) is 9.67 Å². The number of aromatic nitrogens is 9. The molecule has 0 bridgehead atoms. The van der Waals surface area contributed by atoms with Gasteiger partial charge in [0, 0.05) is 0 Å². The summed E-state index contributed by atoms with van der Waals surface area (Å²) in [5.41, 5.74) is 3.50. The Hall–Kier alpha value is -3.18. The number of nitrogens with one attached hydrogen (secondary N) is 2. The van der Waals surface area contributed by atoms with Gasteiger partial charge in [0.1, 0.15) is 24.4 Å². The number of ether oxygens (including phenoxy) is 2. The van der Waals surface area contributed by atoms with Crippen LogP contribution in [0.5, 0.6) is 0 Å². The fourth-order valence-corrected chi connectivity index (χ4v) is 6.54. The molecular formula is C19H22F2N10O11P2S. The first-order valence-electron chi connectivity index (χ1n) is 12.6. The molecule has 10 atom stereocenters. The molecule has 6 heterocycles. The largest absolute Gasteiger partial charge is 0.387 e. The first-order valence-corrected chi connectivity index (χ1v) is 16.6. The number of rotatable bonds is 10. The maximum atomic E-state index is 15.6. The van der Waals surface area contributed by atoms with E-state index in [1.165, 1.54) is 0 Å². The van der Waals surface area contributed by atoms with E-state index in [9.17, 15) is 23.8 Å². The Morgan fingerprint density at radius 2 is 1.87 bits per heavy atom. The van der Waals surface area contributed by atoms with E-state index in [0.29, 0.717) is 0 Å². The van der Waals surface area contributed by atoms with Crippen LogP contribution in [0.15, 0.2) is 22.2 Å². The molecular weight excluding hydrogens is 676 g/mol. The second-order valence-electron chi connectivity index (χ2n) is 9.63. The minimum atomic E-state index is -4.61. The number of fused-ring (bicyclic) bond motifs is 2. The number of aliphatic hydroxyl groups is 1. The van der Waals surface area contributed by atoms with Crippen molar-refractivity contribution >= 4 is 55.6 Å². The van der Waals surface area contributed by atoms with Crippen molar-refractivity contribution in [3.8, 4) is 0 Å². The molecule has 26 heteroatoms. The van der Waals surface area contributed by atoms with Gasteiger partial charge in [-0.15, -0.1) is 5.10 Å². The predicted octanol–water partition coefficient (Wildman–Crippen LogP) is -1.10. The van der Waals surface area contributed by atoms with Crippen LogP contribution in [-0.4, -0.2) is 104 Å². The molecule has 0 aliphatic carbocycles. The molecule has 4 aromatic rings. The average Bonchev–Trinajstić information content (AvgIpc) is 3.73. The molecule has 45 heavy (non-hydrogen) atoms. The van der Waals surface area contributed by atoms with Crippen molar-refractivity contribution in [3.05, 3.63) is 33.4 Å². The summed E-state index contributed by atoms with van der Waals surface area (Å²) in [7, 11) is -3.50. The maximum Gasteiger partial charge on any atom is 0.386 e. The number of hydrogen-bond donors (Lipinski definition) is 6. The molecule has 0 radical (unpaired) electrons. The van der Waals surface area contributed by atoms with Crippen LogP contribution >= 0.6 is 27.3 Å². The number of anilines is 1. The molecule has 2 fully saturated rings. The Morgan fingerprint density at radius 1 is 1.11 bits per heavy atom. The van der Waals surface area contributed by atoms with Gasteiger partial charge >= 0.3 is 15.1 Å². The number of nitrogens with two attached hydrogens (primary N) is 1. The lowest BCUT2D eigenvalue weighted by Crippen LogP contribution is -2.33. The van der Waals surface area contributed by atoms with Gasteiger partial charge in [-0.3, -0.25) is 32.8 Å². The standard InChI is InChI=1S/C19H22F2N10O11P2S/c20-7-5(1-38-43(35)36)40-18(30-4-25-9-14(30)26-19(22)27-16(9)34)12(7)42-44(37,45)39-2-6-11(32)8(21)17(41-6)31-13-10(28-29-31)15(33)24-3-23-13/h3-8,11-12,17-18,32,43H,1-2H2,(H,35,36)(H,37,45)(H,23,24,33)(H3,22,26,27,34)/t5-,6-,7-,8+,11-,12-,17-,18-,44?/m1/s1. The number of aliphatic hydroxyl groups excluding tert-OH is 1. The number of hydrogen-bond acceptors (Lipinski definition) is 16. The number of aromatic amines is 2. The highest BCUT2D eigenvalue weighted by molar-refractivity contribution is 8.44. The summed E-state index contributed by atoms with van der Waals surface area (Å²) in [4.78, 5) is 49.5. The van der Waals surface area contributed by atoms with Gasteiger partial charge in [0.25, 0.3) is 11.1 Å². The highest BCUT2D eigenvalue weighted by Gasteiger charge is 2.52. The van der Waals surface area contributed by atoms with Gasteiger partial charge in [-0.25, -0.2) is 23.3 Å². The topological polar surface area (TPSA) is 287 Å². The SMILES string of the molecule is Nc1nc2c(ncn2[C@@H]2O[C@H](CO[PH](=O)O)[C@@H](F)[C@H]2OP(=O)(S)OC[C@H]2O[C@@H](n3nnc4c(=O)[nH]cnc43)[C@@H](F)[C@@H]2O)c(=O)[nH]1. The summed E-state index contributed by atoms with van der Waals surface area (Å²) in [5.74, 6) is -0.315. The summed E-state index contributed by atoms with van der Waals surface area (Å²) in [6.45, 7) is -6.14. The van der Waals surface area contributed by atoms with E-state index in [4.69, 9.17) is 29.1 Å². The highest BCUT2D eigenvalue weighted by atomic mass is 32.7. The van der Waals surface area contributed by atoms with Crippen molar-refractivity contribution in [2.75, 3.05) is 18.9 Å². The second kappa shape index (κ2) is 12.2. The van der Waals surface area contributed by atoms with E-state index in [0.717, 1.165) is 21.9 Å². The zero-order valence-corrected chi connectivity index (χ0v) is 24.9. The number of H-pyrrole nitrogens is 2. The van der Waals surface area contributed by atoms with Gasteiger partial charge < -0.3 is 34.7 Å². The Bertz CT molecular complexity index is 1930. The van der Waals surface area contributed by atoms with E-state index in [2.05, 4.69) is 52.0 Å². The summed E-state index contributed by atoms with van der Waals surface area (Å²) >= 11 is 3.88. The van der Waals surface area contributed by atoms with Crippen molar-refractivity contribution in [3.63, 3.8) is 0 Å². The lowest BCUT2D eigenvalue weighted by molar-refractivity contribution is -0.0545. The third-order valence-electron chi connectivity index (χ3n) is 6.82. The van der Waals surface area contributed by atoms with Crippen molar-refractivity contribution in [1.29, 1.82) is 0 Å². The number of nitrogens with zero attached hydrogens (tertiary/aromatic N) is 7. The molecule has 0 spiro atoms. The van der Waals surface area contributed by atoms with Crippen LogP contribution in [0.4, 0.5) is 14.7 Å². The highest BCUT2D eigenvalue weighted by Crippen LogP contribution is 2.57. The van der Waals surface area contributed by atoms with Crippen molar-refractivity contribution < 1.29 is 51.0 Å². The van der Waals surface area contributed by atoms with E-state index in [1.54, 1.807) is 0 Å². The molecule has 2 aliphatic heterocycles. The lowest BCUT2D eigenvalue weighted by Gasteiger charge is -2.25. The zero-order valence-electron chi connectivity index (χ0n) is 22.1. The first kappa shape index (κ1) is 31.8. The van der Waals surface area contributed by atoms with Crippen LogP contribution in [0.3, 0.4) is 0 Å². The lowest BCUT2D eigenvalue weighted by atomic mass is 10.1. The summed E-state index contributed by atoms with van der Waals surface area (Å²) in [5, 5.41) is 17.8. The van der Waals surface area contributed by atoms with Crippen LogP contribution < -0.4 is 16.9 Å². The minimum Gasteiger partial charge on any atom is -0.387 e. The number of imidazole rings is 1. The van der Waals surface area contributed by atoms with E-state index in [1.807, 2.05) is 0 Å². The van der Waals surface area contributed by atoms with Crippen LogP contribution in [0.2, 0.25) is 0 Å². The number of alkyl halides is 2. The van der Waals surface area contributed by atoms with Crippen LogP contribution in [0.25, 0.3) is 22.3 Å². The van der Waals surface area contributed by atoms with E-state index in [-0.39, 0.29) is 28.3 Å². The molecule has 0 saturated carbocycles. The molecule has 21 nitrogen and oxygen atoms in total. The van der Waals surface area contributed by atoms with Crippen LogP contribution in [0.1, 0.15) is 12.5 Å². The van der Waals surface area contributed by atoms with Gasteiger partial charge in [0.05, 0.1) is 25.9 Å². The van der Waals surface area contributed by atoms with Crippen molar-refractivity contribution in [2.24, 2.45) is 0 Å². The van der Waals surface area contributed by atoms with Gasteiger partial charge in [-0.1, -0.05) is 17.5 Å². The fourth-order valence-electron chi connectivity index (χ4n) is 4.79. The third-order valence-corrected chi connectivity index (χ3v) is 8.85. The second-order valence-corrected chi connectivity index (χ2v) is 13.3. The maximum absolute atomic E-state index is 15.6. The molecule has 2 saturated heterocycles. The number of halogens is 2. The molecule has 2 aliphatic rings. The monoisotopic (exact) mass is 698 g/mol. The first-order chi connectivity index (χ1) is 21.3. The molecule has 4 aromatic heterocycles. The number of thiol groups is 1. The molecule has 2 unspecified atom stereocenters. The van der Waals surface area contributed by atoms with E-state index >= 15 is 8.78 Å². The number of nitrogen functional groups attached to an aromatic ring is 1. The smallest absolute Gasteiger partial charge is 0.386 e. The van der Waals surface area contributed by atoms with Crippen molar-refractivity contribution in [1.82, 2.24) is 44.5 Å². The normalized spacial score (nSPS) is 30.7. The Balaban J connectivity index is 1.20. The van der Waals surface area contributed by atoms with Crippen molar-refractivity contribution in [2.45, 2.75) is 49.2 Å². The quantitative estimate of drug-likeness (QED) is 0.0846.